The fourth-order valence-corrected chi connectivity index (χ4v) is 6.59. The van der Waals surface area contributed by atoms with E-state index in [4.69, 9.17) is 20.0 Å². The molecule has 1 aliphatic heterocycles. The van der Waals surface area contributed by atoms with Crippen molar-refractivity contribution in [1.82, 2.24) is 9.97 Å². The van der Waals surface area contributed by atoms with Crippen molar-refractivity contribution in [3.8, 4) is 11.6 Å². The Morgan fingerprint density at radius 2 is 1.92 bits per heavy atom. The van der Waals surface area contributed by atoms with Gasteiger partial charge in [0.1, 0.15) is 11.6 Å². The Bertz CT molecular complexity index is 1660. The number of azide groups is 1. The van der Waals surface area contributed by atoms with Crippen molar-refractivity contribution < 1.29 is 24.2 Å². The second kappa shape index (κ2) is 16.0. The minimum Gasteiger partial charge on any atom is -0.497 e. The van der Waals surface area contributed by atoms with Gasteiger partial charge in [0.05, 0.1) is 31.4 Å². The number of carboxylic acid groups (broad SMARTS) is 1. The summed E-state index contributed by atoms with van der Waals surface area (Å²) in [5.74, 6) is 1.55. The molecule has 1 aromatic carbocycles. The maximum Gasteiger partial charge on any atom is 0.303 e. The summed E-state index contributed by atoms with van der Waals surface area (Å²) in [5.41, 5.74) is 11.6. The van der Waals surface area contributed by atoms with Crippen LogP contribution in [0.5, 0.6) is 11.6 Å². The van der Waals surface area contributed by atoms with Gasteiger partial charge in [-0.2, -0.15) is 0 Å². The van der Waals surface area contributed by atoms with Crippen molar-refractivity contribution in [3.63, 3.8) is 0 Å². The Labute approximate surface area is 288 Å². The molecule has 1 aliphatic carbocycles. The molecule has 49 heavy (non-hydrogen) atoms. The lowest BCUT2D eigenvalue weighted by Crippen LogP contribution is -2.41. The molecule has 12 heteroatoms. The Morgan fingerprint density at radius 3 is 2.59 bits per heavy atom. The monoisotopic (exact) mass is 669 g/mol. The molecular formula is C37H47N7O5. The van der Waals surface area contributed by atoms with Gasteiger partial charge in [-0.15, -0.1) is 0 Å². The lowest BCUT2D eigenvalue weighted by atomic mass is 9.88. The van der Waals surface area contributed by atoms with Crippen molar-refractivity contribution in [2.75, 3.05) is 49.7 Å². The average Bonchev–Trinajstić information content (AvgIpc) is 3.94. The lowest BCUT2D eigenvalue weighted by Gasteiger charge is -2.36. The van der Waals surface area contributed by atoms with E-state index in [9.17, 15) is 14.7 Å². The van der Waals surface area contributed by atoms with Crippen molar-refractivity contribution in [2.24, 2.45) is 22.4 Å². The molecule has 1 saturated carbocycles. The van der Waals surface area contributed by atoms with E-state index in [1.54, 1.807) is 18.2 Å². The predicted octanol–water partition coefficient (Wildman–Crippen LogP) is 7.43. The summed E-state index contributed by atoms with van der Waals surface area (Å²) in [6, 6.07) is 15.1. The highest BCUT2D eigenvalue weighted by Crippen LogP contribution is 2.45. The maximum atomic E-state index is 14.5. The van der Waals surface area contributed by atoms with Crippen LogP contribution in [0.15, 0.2) is 59.8 Å². The topological polar surface area (TPSA) is 154 Å². The maximum absolute atomic E-state index is 14.5. The van der Waals surface area contributed by atoms with Crippen molar-refractivity contribution in [2.45, 2.75) is 65.2 Å². The number of aryl methyl sites for hydroxylation is 1. The van der Waals surface area contributed by atoms with Crippen LogP contribution in [0.25, 0.3) is 10.4 Å². The van der Waals surface area contributed by atoms with E-state index < -0.39 is 5.97 Å². The van der Waals surface area contributed by atoms with Gasteiger partial charge in [-0.25, -0.2) is 9.97 Å². The molecule has 3 heterocycles. The van der Waals surface area contributed by atoms with Crippen LogP contribution < -0.4 is 19.3 Å². The molecule has 5 rings (SSSR count). The molecule has 2 fully saturated rings. The SMILES string of the molecule is COc1ccc(C(=O)N(CC(C)(C)CCN=[N+]=[N-])c2cccc(C)n2)c(N2CCC(COc3cc([C@@H](CC(=O)O)C4CC4)ccn3)CC2)c1. The number of hydrogen-bond acceptors (Lipinski definition) is 8. The van der Waals surface area contributed by atoms with Crippen molar-refractivity contribution in [3.05, 3.63) is 82.0 Å². The fourth-order valence-electron chi connectivity index (χ4n) is 6.59. The number of ether oxygens (including phenoxy) is 2. The molecule has 0 radical (unpaired) electrons. The molecule has 0 bridgehead atoms. The van der Waals surface area contributed by atoms with Gasteiger partial charge in [0.25, 0.3) is 5.91 Å². The number of aliphatic carboxylic acids is 1. The third kappa shape index (κ3) is 9.63. The highest BCUT2D eigenvalue weighted by molar-refractivity contribution is 6.09. The summed E-state index contributed by atoms with van der Waals surface area (Å²) in [6.07, 6.45) is 6.30. The van der Waals surface area contributed by atoms with Crippen LogP contribution in [-0.4, -0.2) is 66.8 Å². The predicted molar refractivity (Wildman–Crippen MR) is 188 cm³/mol. The number of amides is 1. The summed E-state index contributed by atoms with van der Waals surface area (Å²) in [6.45, 7) is 8.74. The third-order valence-electron chi connectivity index (χ3n) is 9.56. The molecule has 1 N–H and O–H groups in total. The number of hydrogen-bond donors (Lipinski definition) is 1. The van der Waals surface area contributed by atoms with E-state index in [1.165, 1.54) is 0 Å². The zero-order chi connectivity index (χ0) is 35.0. The zero-order valence-corrected chi connectivity index (χ0v) is 28.9. The van der Waals surface area contributed by atoms with E-state index in [-0.39, 0.29) is 23.7 Å². The van der Waals surface area contributed by atoms with Crippen LogP contribution >= 0.6 is 0 Å². The molecule has 0 unspecified atom stereocenters. The highest BCUT2D eigenvalue weighted by atomic mass is 16.5. The van der Waals surface area contributed by atoms with Gasteiger partial charge >= 0.3 is 5.97 Å². The number of pyridine rings is 2. The summed E-state index contributed by atoms with van der Waals surface area (Å²) < 4.78 is 11.7. The summed E-state index contributed by atoms with van der Waals surface area (Å²) in [5, 5.41) is 13.1. The molecule has 2 aliphatic rings. The van der Waals surface area contributed by atoms with Crippen molar-refractivity contribution in [1.29, 1.82) is 0 Å². The third-order valence-corrected chi connectivity index (χ3v) is 9.56. The van der Waals surface area contributed by atoms with Gasteiger partial charge in [-0.1, -0.05) is 25.0 Å². The molecule has 12 nitrogen and oxygen atoms in total. The van der Waals surface area contributed by atoms with Gasteiger partial charge in [-0.05, 0) is 104 Å². The number of rotatable bonds is 16. The Balaban J connectivity index is 1.29. The first-order chi connectivity index (χ1) is 23.6. The first-order valence-corrected chi connectivity index (χ1v) is 17.1. The van der Waals surface area contributed by atoms with Crippen molar-refractivity contribution >= 4 is 23.4 Å². The molecule has 260 valence electrons. The smallest absolute Gasteiger partial charge is 0.303 e. The first kappa shape index (κ1) is 35.5. The van der Waals surface area contributed by atoms with Gasteiger partial charge in [0, 0.05) is 55.1 Å². The number of benzene rings is 1. The van der Waals surface area contributed by atoms with E-state index in [2.05, 4.69) is 33.8 Å². The van der Waals surface area contributed by atoms with Crippen LogP contribution in [0.3, 0.4) is 0 Å². The Hall–Kier alpha value is -4.83. The standard InChI is InChI=1S/C37H47N7O5/c1-25-6-5-7-33(41-25)44(24-37(2,3)15-17-40-42-38)36(47)30-11-10-29(48-4)21-32(30)43-18-13-26(14-19-43)23-49-34-20-28(12-16-39-34)31(22-35(45)46)27-8-9-27/h5-7,10-12,16,20-21,26-27,31H,8-9,13-15,17-19,22-24H2,1-4H3,(H,45,46)/t31-/m0/s1. The van der Waals surface area contributed by atoms with Crippen LogP contribution in [0.4, 0.5) is 11.5 Å². The van der Waals surface area contributed by atoms with Gasteiger partial charge in [-0.3, -0.25) is 14.5 Å². The summed E-state index contributed by atoms with van der Waals surface area (Å²) >= 11 is 0. The van der Waals surface area contributed by atoms with E-state index >= 15 is 0 Å². The molecule has 1 amide bonds. The number of carbonyl (C=O) groups is 2. The second-order valence-electron chi connectivity index (χ2n) is 14.0. The Kier molecular flexibility index (Phi) is 11.6. The molecule has 3 aromatic rings. The fraction of sp³-hybridized carbons (Fsp3) is 0.514. The van der Waals surface area contributed by atoms with Gasteiger partial charge in [0.2, 0.25) is 5.88 Å². The molecule has 1 saturated heterocycles. The summed E-state index contributed by atoms with van der Waals surface area (Å²) in [4.78, 5) is 42.0. The lowest BCUT2D eigenvalue weighted by molar-refractivity contribution is -0.137. The average molecular weight is 670 g/mol. The van der Waals surface area contributed by atoms with E-state index in [0.717, 1.165) is 55.7 Å². The van der Waals surface area contributed by atoms with Crippen LogP contribution in [0.1, 0.15) is 79.9 Å². The normalized spacial score (nSPS) is 15.6. The van der Waals surface area contributed by atoms with E-state index in [1.807, 2.05) is 55.5 Å². The molecule has 2 aromatic heterocycles. The second-order valence-corrected chi connectivity index (χ2v) is 14.0. The number of carboxylic acids is 1. The van der Waals surface area contributed by atoms with Crippen LogP contribution in [-0.2, 0) is 4.79 Å². The highest BCUT2D eigenvalue weighted by Gasteiger charge is 2.34. The molecule has 1 atom stereocenters. The van der Waals surface area contributed by atoms with E-state index in [0.29, 0.717) is 61.0 Å². The largest absolute Gasteiger partial charge is 0.497 e. The quantitative estimate of drug-likeness (QED) is 0.0938. The van der Waals surface area contributed by atoms with Crippen LogP contribution in [0, 0.1) is 24.2 Å². The summed E-state index contributed by atoms with van der Waals surface area (Å²) in [7, 11) is 1.62. The number of carbonyl (C=O) groups excluding carboxylic acids is 1. The van der Waals surface area contributed by atoms with Gasteiger partial charge in [0.15, 0.2) is 0 Å². The number of methoxy groups -OCH3 is 1. The number of anilines is 2. The molecule has 0 spiro atoms. The minimum absolute atomic E-state index is 0.00715. The number of aromatic nitrogens is 2. The van der Waals surface area contributed by atoms with Gasteiger partial charge < -0.3 is 19.5 Å². The Morgan fingerprint density at radius 1 is 1.14 bits per heavy atom. The zero-order valence-electron chi connectivity index (χ0n) is 28.9. The minimum atomic E-state index is -0.783. The number of nitrogens with zero attached hydrogens (tertiary/aromatic N) is 7. The first-order valence-electron chi connectivity index (χ1n) is 17.1. The van der Waals surface area contributed by atoms with Crippen LogP contribution in [0.2, 0.25) is 0 Å². The molecular weight excluding hydrogens is 622 g/mol. The number of piperidine rings is 1.